The Morgan fingerprint density at radius 1 is 1.24 bits per heavy atom. The van der Waals surface area contributed by atoms with Gasteiger partial charge in [0.2, 0.25) is 5.91 Å². The number of ether oxygens (including phenoxy) is 1. The zero-order valence-electron chi connectivity index (χ0n) is 13.7. The average molecular weight is 292 g/mol. The van der Waals surface area contributed by atoms with Crippen LogP contribution in [0, 0.1) is 0 Å². The molecule has 1 aromatic carbocycles. The van der Waals surface area contributed by atoms with E-state index in [-0.39, 0.29) is 11.9 Å². The molecule has 0 saturated carbocycles. The Morgan fingerprint density at radius 2 is 1.90 bits per heavy atom. The van der Waals surface area contributed by atoms with Crippen molar-refractivity contribution in [2.24, 2.45) is 0 Å². The maximum Gasteiger partial charge on any atom is 0.221 e. The number of rotatable bonds is 9. The van der Waals surface area contributed by atoms with Gasteiger partial charge in [-0.1, -0.05) is 12.1 Å². The fraction of sp³-hybridized carbons (Fsp3) is 0.588. The smallest absolute Gasteiger partial charge is 0.221 e. The highest BCUT2D eigenvalue weighted by Crippen LogP contribution is 2.12. The molecule has 0 bridgehead atoms. The van der Waals surface area contributed by atoms with Crippen LogP contribution in [0.1, 0.15) is 32.3 Å². The van der Waals surface area contributed by atoms with Crippen molar-refractivity contribution in [3.8, 4) is 5.75 Å². The van der Waals surface area contributed by atoms with Gasteiger partial charge in [0.25, 0.3) is 0 Å². The standard InChI is InChI=1S/C17H28N2O2/c1-14(2)18-17(20)11-13-19(3)12-5-6-15-7-9-16(21-4)10-8-15/h7-10,14H,5-6,11-13H2,1-4H3,(H,18,20). The van der Waals surface area contributed by atoms with Crippen LogP contribution in [0.5, 0.6) is 5.75 Å². The van der Waals surface area contributed by atoms with Crippen molar-refractivity contribution in [1.29, 1.82) is 0 Å². The Balaban J connectivity index is 2.17. The largest absolute Gasteiger partial charge is 0.497 e. The van der Waals surface area contributed by atoms with E-state index >= 15 is 0 Å². The minimum absolute atomic E-state index is 0.131. The number of carbonyl (C=O) groups is 1. The SMILES string of the molecule is COc1ccc(CCCN(C)CCC(=O)NC(C)C)cc1. The molecule has 0 aliphatic rings. The van der Waals surface area contributed by atoms with Crippen LogP contribution in [0.4, 0.5) is 0 Å². The van der Waals surface area contributed by atoms with E-state index in [4.69, 9.17) is 4.74 Å². The van der Waals surface area contributed by atoms with Crippen LogP contribution >= 0.6 is 0 Å². The van der Waals surface area contributed by atoms with Crippen LogP contribution in [0.15, 0.2) is 24.3 Å². The van der Waals surface area contributed by atoms with Gasteiger partial charge in [0, 0.05) is 19.0 Å². The Bertz CT molecular complexity index is 415. The number of nitrogens with one attached hydrogen (secondary N) is 1. The summed E-state index contributed by atoms with van der Waals surface area (Å²) in [5.74, 6) is 1.03. The van der Waals surface area contributed by atoms with Gasteiger partial charge in [0.05, 0.1) is 7.11 Å². The molecule has 4 nitrogen and oxygen atoms in total. The van der Waals surface area contributed by atoms with Crippen molar-refractivity contribution in [3.63, 3.8) is 0 Å². The van der Waals surface area contributed by atoms with E-state index < -0.39 is 0 Å². The van der Waals surface area contributed by atoms with Gasteiger partial charge in [-0.05, 0) is 58.0 Å². The van der Waals surface area contributed by atoms with Gasteiger partial charge in [-0.15, -0.1) is 0 Å². The number of methoxy groups -OCH3 is 1. The van der Waals surface area contributed by atoms with Gasteiger partial charge in [-0.25, -0.2) is 0 Å². The summed E-state index contributed by atoms with van der Waals surface area (Å²) < 4.78 is 5.15. The average Bonchev–Trinajstić information content (AvgIpc) is 2.45. The molecule has 1 rings (SSSR count). The summed E-state index contributed by atoms with van der Waals surface area (Å²) in [6.45, 7) is 5.77. The third kappa shape index (κ3) is 7.71. The summed E-state index contributed by atoms with van der Waals surface area (Å²) in [6, 6.07) is 8.42. The number of amides is 1. The van der Waals surface area contributed by atoms with Crippen LogP contribution < -0.4 is 10.1 Å². The Hall–Kier alpha value is -1.55. The van der Waals surface area contributed by atoms with E-state index in [1.165, 1.54) is 5.56 Å². The highest BCUT2D eigenvalue weighted by molar-refractivity contribution is 5.76. The van der Waals surface area contributed by atoms with Gasteiger partial charge in [-0.3, -0.25) is 4.79 Å². The lowest BCUT2D eigenvalue weighted by Gasteiger charge is -2.17. The van der Waals surface area contributed by atoms with E-state index in [0.717, 1.165) is 31.7 Å². The maximum absolute atomic E-state index is 11.6. The molecule has 21 heavy (non-hydrogen) atoms. The summed E-state index contributed by atoms with van der Waals surface area (Å²) in [6.07, 6.45) is 2.71. The summed E-state index contributed by atoms with van der Waals surface area (Å²) in [5, 5.41) is 2.91. The van der Waals surface area contributed by atoms with Crippen LogP contribution in [0.3, 0.4) is 0 Å². The molecule has 1 N–H and O–H groups in total. The summed E-state index contributed by atoms with van der Waals surface area (Å²) in [7, 11) is 3.75. The van der Waals surface area contributed by atoms with Crippen LogP contribution in [-0.2, 0) is 11.2 Å². The molecule has 0 fully saturated rings. The Labute approximate surface area is 128 Å². The molecule has 4 heteroatoms. The Kier molecular flexibility index (Phi) is 7.83. The lowest BCUT2D eigenvalue weighted by Crippen LogP contribution is -2.33. The minimum atomic E-state index is 0.131. The number of hydrogen-bond acceptors (Lipinski definition) is 3. The third-order valence-corrected chi connectivity index (χ3v) is 3.33. The molecular weight excluding hydrogens is 264 g/mol. The zero-order valence-corrected chi connectivity index (χ0v) is 13.7. The van der Waals surface area contributed by atoms with Crippen molar-refractivity contribution >= 4 is 5.91 Å². The predicted octanol–water partition coefficient (Wildman–Crippen LogP) is 2.47. The van der Waals surface area contributed by atoms with Crippen molar-refractivity contribution in [2.45, 2.75) is 39.2 Å². The van der Waals surface area contributed by atoms with Crippen LogP contribution in [-0.4, -0.2) is 44.1 Å². The van der Waals surface area contributed by atoms with Crippen molar-refractivity contribution in [1.82, 2.24) is 10.2 Å². The lowest BCUT2D eigenvalue weighted by molar-refractivity contribution is -0.121. The molecule has 0 saturated heterocycles. The highest BCUT2D eigenvalue weighted by Gasteiger charge is 2.05. The monoisotopic (exact) mass is 292 g/mol. The molecule has 0 unspecified atom stereocenters. The fourth-order valence-electron chi connectivity index (χ4n) is 2.14. The van der Waals surface area contributed by atoms with Crippen LogP contribution in [0.25, 0.3) is 0 Å². The second kappa shape index (κ2) is 9.40. The van der Waals surface area contributed by atoms with E-state index in [9.17, 15) is 4.79 Å². The Morgan fingerprint density at radius 3 is 2.48 bits per heavy atom. The molecule has 0 atom stereocenters. The number of hydrogen-bond donors (Lipinski definition) is 1. The van der Waals surface area contributed by atoms with E-state index in [0.29, 0.717) is 6.42 Å². The first-order valence-corrected chi connectivity index (χ1v) is 7.62. The number of aryl methyl sites for hydroxylation is 1. The van der Waals surface area contributed by atoms with Gasteiger partial charge in [-0.2, -0.15) is 0 Å². The molecule has 118 valence electrons. The van der Waals surface area contributed by atoms with Gasteiger partial charge in [0.1, 0.15) is 5.75 Å². The van der Waals surface area contributed by atoms with Crippen LogP contribution in [0.2, 0.25) is 0 Å². The van der Waals surface area contributed by atoms with Gasteiger partial charge < -0.3 is 15.0 Å². The first-order valence-electron chi connectivity index (χ1n) is 7.62. The van der Waals surface area contributed by atoms with Gasteiger partial charge >= 0.3 is 0 Å². The maximum atomic E-state index is 11.6. The highest BCUT2D eigenvalue weighted by atomic mass is 16.5. The summed E-state index contributed by atoms with van der Waals surface area (Å²) in [5.41, 5.74) is 1.32. The quantitative estimate of drug-likeness (QED) is 0.760. The number of carbonyl (C=O) groups excluding carboxylic acids is 1. The molecular formula is C17H28N2O2. The molecule has 0 spiro atoms. The first-order chi connectivity index (χ1) is 10.0. The number of nitrogens with zero attached hydrogens (tertiary/aromatic N) is 1. The fourth-order valence-corrected chi connectivity index (χ4v) is 2.14. The second-order valence-corrected chi connectivity index (χ2v) is 5.73. The normalized spacial score (nSPS) is 11.0. The first kappa shape index (κ1) is 17.5. The zero-order chi connectivity index (χ0) is 15.7. The van der Waals surface area contributed by atoms with E-state index in [1.54, 1.807) is 7.11 Å². The van der Waals surface area contributed by atoms with Gasteiger partial charge in [0.15, 0.2) is 0 Å². The molecule has 0 aliphatic carbocycles. The van der Waals surface area contributed by atoms with E-state index in [2.05, 4.69) is 29.4 Å². The van der Waals surface area contributed by atoms with Crippen molar-refractivity contribution in [2.75, 3.05) is 27.2 Å². The summed E-state index contributed by atoms with van der Waals surface area (Å²) in [4.78, 5) is 13.8. The molecule has 0 aliphatic heterocycles. The summed E-state index contributed by atoms with van der Waals surface area (Å²) >= 11 is 0. The topological polar surface area (TPSA) is 41.6 Å². The van der Waals surface area contributed by atoms with Crippen molar-refractivity contribution < 1.29 is 9.53 Å². The third-order valence-electron chi connectivity index (χ3n) is 3.33. The van der Waals surface area contributed by atoms with E-state index in [1.807, 2.05) is 26.0 Å². The molecule has 0 radical (unpaired) electrons. The lowest BCUT2D eigenvalue weighted by atomic mass is 10.1. The molecule has 0 aromatic heterocycles. The molecule has 1 amide bonds. The number of benzene rings is 1. The minimum Gasteiger partial charge on any atom is -0.497 e. The molecule has 1 aromatic rings. The second-order valence-electron chi connectivity index (χ2n) is 5.73. The molecule has 0 heterocycles. The predicted molar refractivity (Wildman–Crippen MR) is 86.7 cm³/mol. The van der Waals surface area contributed by atoms with Crippen molar-refractivity contribution in [3.05, 3.63) is 29.8 Å².